The van der Waals surface area contributed by atoms with E-state index in [0.717, 1.165) is 18.2 Å². The quantitative estimate of drug-likeness (QED) is 0.368. The number of nitrogens with one attached hydrogen (secondary N) is 3. The predicted molar refractivity (Wildman–Crippen MR) is 109 cm³/mol. The second-order valence-corrected chi connectivity index (χ2v) is 6.05. The average molecular weight is 417 g/mol. The van der Waals surface area contributed by atoms with Crippen LogP contribution in [-0.4, -0.2) is 26.8 Å². The van der Waals surface area contributed by atoms with Crippen LogP contribution in [0.15, 0.2) is 42.5 Å². The molecule has 0 radical (unpaired) electrons. The summed E-state index contributed by atoms with van der Waals surface area (Å²) in [4.78, 5) is 43.9. The number of amides is 2. The van der Waals surface area contributed by atoms with E-state index in [4.69, 9.17) is 12.2 Å². The van der Waals surface area contributed by atoms with E-state index in [0.29, 0.717) is 11.4 Å². The number of nitro groups is 2. The van der Waals surface area contributed by atoms with Gasteiger partial charge in [0.25, 0.3) is 17.3 Å². The molecule has 0 aromatic heterocycles. The number of carbonyl (C=O) groups excluding carboxylic acids is 2. The molecule has 2 amide bonds. The zero-order chi connectivity index (χ0) is 21.6. The molecule has 0 aliphatic heterocycles. The number of thiocarbonyl (C=S) groups is 1. The van der Waals surface area contributed by atoms with Gasteiger partial charge in [-0.05, 0) is 36.5 Å². The van der Waals surface area contributed by atoms with E-state index in [1.807, 2.05) is 0 Å². The molecule has 0 atom stereocenters. The first-order valence-corrected chi connectivity index (χ1v) is 8.56. The molecular weight excluding hydrogens is 402 g/mol. The van der Waals surface area contributed by atoms with E-state index in [-0.39, 0.29) is 23.0 Å². The molecule has 29 heavy (non-hydrogen) atoms. The highest BCUT2D eigenvalue weighted by atomic mass is 32.1. The highest BCUT2D eigenvalue weighted by molar-refractivity contribution is 7.80. The minimum absolute atomic E-state index is 0.123. The highest BCUT2D eigenvalue weighted by Crippen LogP contribution is 2.23. The summed E-state index contributed by atoms with van der Waals surface area (Å²) in [6.07, 6.45) is 0.280. The predicted octanol–water partition coefficient (Wildman–Crippen LogP) is 2.98. The summed E-state index contributed by atoms with van der Waals surface area (Å²) in [5, 5.41) is 29.7. The Bertz CT molecular complexity index is 960. The lowest BCUT2D eigenvalue weighted by Crippen LogP contribution is -2.33. The molecule has 12 heteroatoms. The van der Waals surface area contributed by atoms with E-state index in [2.05, 4.69) is 16.0 Å². The van der Waals surface area contributed by atoms with E-state index < -0.39 is 27.1 Å². The number of nitro benzene ring substituents is 2. The average Bonchev–Trinajstić information content (AvgIpc) is 2.68. The molecule has 0 heterocycles. The van der Waals surface area contributed by atoms with Gasteiger partial charge in [-0.2, -0.15) is 0 Å². The van der Waals surface area contributed by atoms with Crippen molar-refractivity contribution in [2.45, 2.75) is 13.3 Å². The van der Waals surface area contributed by atoms with E-state index in [1.54, 1.807) is 19.1 Å². The summed E-state index contributed by atoms with van der Waals surface area (Å²) in [5.41, 5.74) is -0.455. The monoisotopic (exact) mass is 417 g/mol. The standard InChI is InChI=1S/C17H15N5O6S/c1-2-15(23)20-17(29)19-12-5-3-11(4-6-12)18-16(24)10-7-13(21(25)26)9-14(8-10)22(27)28/h3-9H,2H2,1H3,(H,18,24)(H2,19,20,23,29). The summed E-state index contributed by atoms with van der Waals surface area (Å²) in [6.45, 7) is 1.69. The van der Waals surface area contributed by atoms with Crippen molar-refractivity contribution in [3.8, 4) is 0 Å². The highest BCUT2D eigenvalue weighted by Gasteiger charge is 2.20. The number of benzene rings is 2. The number of rotatable bonds is 6. The third kappa shape index (κ3) is 6.04. The lowest BCUT2D eigenvalue weighted by atomic mass is 10.1. The topological polar surface area (TPSA) is 157 Å². The van der Waals surface area contributed by atoms with Crippen LogP contribution in [0.4, 0.5) is 22.7 Å². The van der Waals surface area contributed by atoms with E-state index >= 15 is 0 Å². The molecular formula is C17H15N5O6S. The molecule has 0 unspecified atom stereocenters. The summed E-state index contributed by atoms with van der Waals surface area (Å²) in [6, 6.07) is 8.88. The molecule has 2 aromatic rings. The van der Waals surface area contributed by atoms with Gasteiger partial charge < -0.3 is 16.0 Å². The maximum absolute atomic E-state index is 12.3. The maximum atomic E-state index is 12.3. The van der Waals surface area contributed by atoms with Gasteiger partial charge in [0.1, 0.15) is 0 Å². The molecule has 0 spiro atoms. The first-order chi connectivity index (χ1) is 13.7. The smallest absolute Gasteiger partial charge is 0.277 e. The number of anilines is 2. The van der Waals surface area contributed by atoms with Crippen molar-refractivity contribution in [1.29, 1.82) is 0 Å². The van der Waals surface area contributed by atoms with Gasteiger partial charge in [-0.1, -0.05) is 6.92 Å². The molecule has 3 N–H and O–H groups in total. The third-order valence-corrected chi connectivity index (χ3v) is 3.77. The Hall–Kier alpha value is -3.93. The summed E-state index contributed by atoms with van der Waals surface area (Å²) in [5.74, 6) is -0.985. The second-order valence-electron chi connectivity index (χ2n) is 5.64. The van der Waals surface area contributed by atoms with Gasteiger partial charge >= 0.3 is 0 Å². The molecule has 11 nitrogen and oxygen atoms in total. The SMILES string of the molecule is CCC(=O)NC(=S)Nc1ccc(NC(=O)c2cc([N+](=O)[O-])cc([N+](=O)[O-])c2)cc1. The fourth-order valence-electron chi connectivity index (χ4n) is 2.15. The van der Waals surface area contributed by atoms with Gasteiger partial charge in [-0.15, -0.1) is 0 Å². The Kier molecular flexibility index (Phi) is 6.87. The molecule has 0 saturated carbocycles. The molecule has 0 aliphatic carbocycles. The number of carbonyl (C=O) groups is 2. The molecule has 2 aromatic carbocycles. The zero-order valence-electron chi connectivity index (χ0n) is 15.0. The summed E-state index contributed by atoms with van der Waals surface area (Å²) < 4.78 is 0. The Morgan fingerprint density at radius 1 is 0.931 bits per heavy atom. The summed E-state index contributed by atoms with van der Waals surface area (Å²) in [7, 11) is 0. The fourth-order valence-corrected chi connectivity index (χ4v) is 2.39. The minimum Gasteiger partial charge on any atom is -0.332 e. The molecule has 0 fully saturated rings. The molecule has 2 rings (SSSR count). The first kappa shape index (κ1) is 21.4. The van der Waals surface area contributed by atoms with Crippen molar-refractivity contribution < 1.29 is 19.4 Å². The van der Waals surface area contributed by atoms with Crippen LogP contribution in [0.2, 0.25) is 0 Å². The lowest BCUT2D eigenvalue weighted by Gasteiger charge is -2.10. The van der Waals surface area contributed by atoms with Crippen LogP contribution in [-0.2, 0) is 4.79 Å². The Morgan fingerprint density at radius 2 is 1.41 bits per heavy atom. The van der Waals surface area contributed by atoms with Crippen LogP contribution in [0.1, 0.15) is 23.7 Å². The minimum atomic E-state index is -0.815. The van der Waals surface area contributed by atoms with Crippen LogP contribution in [0, 0.1) is 20.2 Å². The van der Waals surface area contributed by atoms with Crippen molar-refractivity contribution in [3.05, 3.63) is 68.3 Å². The lowest BCUT2D eigenvalue weighted by molar-refractivity contribution is -0.394. The van der Waals surface area contributed by atoms with Crippen molar-refractivity contribution >= 4 is 51.9 Å². The van der Waals surface area contributed by atoms with Gasteiger partial charge in [0.15, 0.2) is 5.11 Å². The molecule has 0 saturated heterocycles. The number of non-ortho nitro benzene ring substituents is 2. The Morgan fingerprint density at radius 3 is 1.86 bits per heavy atom. The fraction of sp³-hybridized carbons (Fsp3) is 0.118. The van der Waals surface area contributed by atoms with Crippen molar-refractivity contribution in [2.75, 3.05) is 10.6 Å². The third-order valence-electron chi connectivity index (χ3n) is 3.56. The van der Waals surface area contributed by atoms with Crippen molar-refractivity contribution in [1.82, 2.24) is 5.32 Å². The summed E-state index contributed by atoms with van der Waals surface area (Å²) >= 11 is 4.99. The first-order valence-electron chi connectivity index (χ1n) is 8.15. The van der Waals surface area contributed by atoms with Crippen LogP contribution in [0.3, 0.4) is 0 Å². The van der Waals surface area contributed by atoms with Crippen LogP contribution in [0.25, 0.3) is 0 Å². The maximum Gasteiger partial charge on any atom is 0.277 e. The number of hydrogen-bond acceptors (Lipinski definition) is 7. The van der Waals surface area contributed by atoms with E-state index in [9.17, 15) is 29.8 Å². The molecule has 0 aliphatic rings. The zero-order valence-corrected chi connectivity index (χ0v) is 15.8. The van der Waals surface area contributed by atoms with Crippen molar-refractivity contribution in [2.24, 2.45) is 0 Å². The van der Waals surface area contributed by atoms with Crippen molar-refractivity contribution in [3.63, 3.8) is 0 Å². The van der Waals surface area contributed by atoms with Gasteiger partial charge in [0.2, 0.25) is 5.91 Å². The van der Waals surface area contributed by atoms with Crippen LogP contribution < -0.4 is 16.0 Å². The van der Waals surface area contributed by atoms with Gasteiger partial charge in [0, 0.05) is 29.9 Å². The Labute approximate surface area is 169 Å². The van der Waals surface area contributed by atoms with Gasteiger partial charge in [0.05, 0.1) is 21.5 Å². The largest absolute Gasteiger partial charge is 0.332 e. The van der Waals surface area contributed by atoms with Gasteiger partial charge in [-0.25, -0.2) is 0 Å². The van der Waals surface area contributed by atoms with Crippen LogP contribution >= 0.6 is 12.2 Å². The number of hydrogen-bond donors (Lipinski definition) is 3. The number of nitrogens with zero attached hydrogens (tertiary/aromatic N) is 2. The van der Waals surface area contributed by atoms with Gasteiger partial charge in [-0.3, -0.25) is 29.8 Å². The van der Waals surface area contributed by atoms with Crippen LogP contribution in [0.5, 0.6) is 0 Å². The Balaban J connectivity index is 2.11. The van der Waals surface area contributed by atoms with E-state index in [1.165, 1.54) is 12.1 Å². The normalized spacial score (nSPS) is 9.97. The molecule has 0 bridgehead atoms. The molecule has 150 valence electrons. The second kappa shape index (κ2) is 9.32.